The van der Waals surface area contributed by atoms with E-state index in [2.05, 4.69) is 19.6 Å². The summed E-state index contributed by atoms with van der Waals surface area (Å²) in [6, 6.07) is 1.00. The van der Waals surface area contributed by atoms with Crippen molar-refractivity contribution in [3.05, 3.63) is 18.5 Å². The highest BCUT2D eigenvalue weighted by molar-refractivity contribution is 7.88. The van der Waals surface area contributed by atoms with Crippen LogP contribution in [0.15, 0.2) is 18.5 Å². The van der Waals surface area contributed by atoms with Crippen LogP contribution in [0.4, 0.5) is 10.7 Å². The molecule has 0 aromatic carbocycles. The molecule has 178 valence electrons. The molecule has 3 fully saturated rings. The SMILES string of the molecule is CC1(OC(=O)N2CCCC(NS(C)(=O)=O)C2COC2CCN(c3ncccn3)CC2)CC1. The number of carbonyl (C=O) groups is 1. The van der Waals surface area contributed by atoms with E-state index >= 15 is 0 Å². The van der Waals surface area contributed by atoms with Crippen molar-refractivity contribution in [2.24, 2.45) is 0 Å². The van der Waals surface area contributed by atoms with E-state index in [0.29, 0.717) is 19.4 Å². The third kappa shape index (κ3) is 6.08. The van der Waals surface area contributed by atoms with Gasteiger partial charge < -0.3 is 19.3 Å². The van der Waals surface area contributed by atoms with Crippen LogP contribution in [-0.4, -0.2) is 85.7 Å². The number of hydrogen-bond acceptors (Lipinski definition) is 8. The second kappa shape index (κ2) is 9.48. The number of nitrogens with one attached hydrogen (secondary N) is 1. The predicted molar refractivity (Wildman–Crippen MR) is 119 cm³/mol. The number of piperidine rings is 2. The Kier molecular flexibility index (Phi) is 6.87. The van der Waals surface area contributed by atoms with Crippen molar-refractivity contribution >= 4 is 22.1 Å². The van der Waals surface area contributed by atoms with Gasteiger partial charge in [-0.3, -0.25) is 0 Å². The van der Waals surface area contributed by atoms with Gasteiger partial charge in [0.1, 0.15) is 5.60 Å². The van der Waals surface area contributed by atoms with Gasteiger partial charge in [0.25, 0.3) is 0 Å². The molecular weight excluding hydrogens is 434 g/mol. The van der Waals surface area contributed by atoms with Crippen LogP contribution in [0.1, 0.15) is 45.4 Å². The number of amides is 1. The quantitative estimate of drug-likeness (QED) is 0.642. The fourth-order valence-corrected chi connectivity index (χ4v) is 5.19. The zero-order valence-corrected chi connectivity index (χ0v) is 19.6. The van der Waals surface area contributed by atoms with E-state index in [0.717, 1.165) is 51.0 Å². The molecule has 3 aliphatic rings. The number of sulfonamides is 1. The maximum absolute atomic E-state index is 12.9. The molecule has 2 aliphatic heterocycles. The third-order valence-corrected chi connectivity index (χ3v) is 7.18. The molecule has 11 heteroatoms. The molecule has 2 atom stereocenters. The average Bonchev–Trinajstić information content (AvgIpc) is 3.49. The van der Waals surface area contributed by atoms with E-state index in [1.165, 1.54) is 0 Å². The minimum Gasteiger partial charge on any atom is -0.443 e. The largest absolute Gasteiger partial charge is 0.443 e. The van der Waals surface area contributed by atoms with Gasteiger partial charge >= 0.3 is 6.09 Å². The Labute approximate surface area is 189 Å². The van der Waals surface area contributed by atoms with Crippen LogP contribution in [0, 0.1) is 0 Å². The van der Waals surface area contributed by atoms with Gasteiger partial charge in [-0.15, -0.1) is 0 Å². The zero-order chi connectivity index (χ0) is 22.8. The van der Waals surface area contributed by atoms with E-state index in [4.69, 9.17) is 9.47 Å². The topological polar surface area (TPSA) is 114 Å². The first-order valence-corrected chi connectivity index (χ1v) is 13.2. The second-order valence-corrected chi connectivity index (χ2v) is 11.1. The fourth-order valence-electron chi connectivity index (χ4n) is 4.36. The summed E-state index contributed by atoms with van der Waals surface area (Å²) in [4.78, 5) is 25.3. The summed E-state index contributed by atoms with van der Waals surface area (Å²) in [7, 11) is -3.41. The average molecular weight is 468 g/mol. The van der Waals surface area contributed by atoms with E-state index in [1.54, 1.807) is 23.4 Å². The molecule has 3 heterocycles. The number of rotatable bonds is 7. The molecule has 0 bridgehead atoms. The van der Waals surface area contributed by atoms with Crippen LogP contribution in [0.2, 0.25) is 0 Å². The van der Waals surface area contributed by atoms with Crippen LogP contribution < -0.4 is 9.62 Å². The first-order valence-electron chi connectivity index (χ1n) is 11.3. The molecule has 1 aliphatic carbocycles. The van der Waals surface area contributed by atoms with Crippen molar-refractivity contribution in [2.45, 2.75) is 69.2 Å². The Bertz CT molecular complexity index is 887. The van der Waals surface area contributed by atoms with Gasteiger partial charge in [-0.05, 0) is 51.5 Å². The van der Waals surface area contributed by atoms with E-state index in [9.17, 15) is 13.2 Å². The molecule has 4 rings (SSSR count). The minimum absolute atomic E-state index is 0.0367. The van der Waals surface area contributed by atoms with Gasteiger partial charge in [-0.2, -0.15) is 0 Å². The first kappa shape index (κ1) is 23.2. The summed E-state index contributed by atoms with van der Waals surface area (Å²) in [6.07, 6.45) is 9.01. The number of ether oxygens (including phenoxy) is 2. The maximum atomic E-state index is 12.9. The molecule has 2 unspecified atom stereocenters. The van der Waals surface area contributed by atoms with Crippen molar-refractivity contribution in [3.8, 4) is 0 Å². The summed E-state index contributed by atoms with van der Waals surface area (Å²) < 4.78 is 38.5. The van der Waals surface area contributed by atoms with Gasteiger partial charge in [0.2, 0.25) is 16.0 Å². The predicted octanol–water partition coefficient (Wildman–Crippen LogP) is 1.53. The number of aromatic nitrogens is 2. The monoisotopic (exact) mass is 467 g/mol. The molecule has 32 heavy (non-hydrogen) atoms. The maximum Gasteiger partial charge on any atom is 0.410 e. The van der Waals surface area contributed by atoms with Crippen LogP contribution in [0.3, 0.4) is 0 Å². The van der Waals surface area contributed by atoms with Crippen molar-refractivity contribution in [2.75, 3.05) is 37.4 Å². The number of hydrogen-bond donors (Lipinski definition) is 1. The van der Waals surface area contributed by atoms with E-state index in [-0.39, 0.29) is 24.4 Å². The lowest BCUT2D eigenvalue weighted by atomic mass is 9.97. The number of carbonyl (C=O) groups excluding carboxylic acids is 1. The standard InChI is InChI=1S/C21H33N5O5S/c1-21(8-9-21)31-20(27)26-12-3-5-17(24-32(2,28)29)18(26)15-30-16-6-13-25(14-7-16)19-22-10-4-11-23-19/h4,10-11,16-18,24H,3,5-9,12-15H2,1-2H3. The van der Waals surface area contributed by atoms with Gasteiger partial charge in [0, 0.05) is 38.1 Å². The summed E-state index contributed by atoms with van der Waals surface area (Å²) >= 11 is 0. The van der Waals surface area contributed by atoms with Crippen molar-refractivity contribution in [1.82, 2.24) is 19.6 Å². The molecule has 0 spiro atoms. The molecule has 10 nitrogen and oxygen atoms in total. The first-order chi connectivity index (χ1) is 15.2. The lowest BCUT2D eigenvalue weighted by Crippen LogP contribution is -2.59. The molecule has 0 radical (unpaired) electrons. The molecule has 1 aromatic rings. The van der Waals surface area contributed by atoms with Crippen molar-refractivity contribution in [3.63, 3.8) is 0 Å². The summed E-state index contributed by atoms with van der Waals surface area (Å²) in [6.45, 7) is 4.31. The highest BCUT2D eigenvalue weighted by Gasteiger charge is 2.45. The highest BCUT2D eigenvalue weighted by atomic mass is 32.2. The van der Waals surface area contributed by atoms with Crippen molar-refractivity contribution in [1.29, 1.82) is 0 Å². The number of nitrogens with zero attached hydrogens (tertiary/aromatic N) is 4. The van der Waals surface area contributed by atoms with Crippen LogP contribution in [0.25, 0.3) is 0 Å². The lowest BCUT2D eigenvalue weighted by molar-refractivity contribution is -0.0273. The fraction of sp³-hybridized carbons (Fsp3) is 0.762. The smallest absolute Gasteiger partial charge is 0.410 e. The van der Waals surface area contributed by atoms with E-state index < -0.39 is 22.1 Å². The summed E-state index contributed by atoms with van der Waals surface area (Å²) in [5.74, 6) is 0.720. The number of likely N-dealkylation sites (tertiary alicyclic amines) is 1. The highest BCUT2D eigenvalue weighted by Crippen LogP contribution is 2.39. The summed E-state index contributed by atoms with van der Waals surface area (Å²) in [5.41, 5.74) is -0.383. The second-order valence-electron chi connectivity index (χ2n) is 9.29. The van der Waals surface area contributed by atoms with E-state index in [1.807, 2.05) is 6.92 Å². The van der Waals surface area contributed by atoms with Gasteiger partial charge in [0.15, 0.2) is 0 Å². The number of anilines is 1. The Balaban J connectivity index is 1.37. The van der Waals surface area contributed by atoms with Crippen molar-refractivity contribution < 1.29 is 22.7 Å². The molecule has 1 saturated carbocycles. The van der Waals surface area contributed by atoms with Gasteiger partial charge in [-0.1, -0.05) is 0 Å². The Morgan fingerprint density at radius 1 is 1.19 bits per heavy atom. The summed E-state index contributed by atoms with van der Waals surface area (Å²) in [5, 5.41) is 0. The molecule has 2 saturated heterocycles. The zero-order valence-electron chi connectivity index (χ0n) is 18.8. The van der Waals surface area contributed by atoms with Gasteiger partial charge in [0.05, 0.1) is 25.0 Å². The minimum atomic E-state index is -3.41. The Morgan fingerprint density at radius 2 is 1.88 bits per heavy atom. The lowest BCUT2D eigenvalue weighted by Gasteiger charge is -2.41. The molecule has 1 N–H and O–H groups in total. The third-order valence-electron chi connectivity index (χ3n) is 6.45. The van der Waals surface area contributed by atoms with Crippen LogP contribution in [-0.2, 0) is 19.5 Å². The molecule has 1 aromatic heterocycles. The molecule has 1 amide bonds. The molecular formula is C21H33N5O5S. The normalized spacial score (nSPS) is 26.1. The Hall–Kier alpha value is -1.98. The van der Waals surface area contributed by atoms with Gasteiger partial charge in [-0.25, -0.2) is 27.9 Å². The van der Waals surface area contributed by atoms with Crippen LogP contribution >= 0.6 is 0 Å². The Morgan fingerprint density at radius 3 is 2.50 bits per heavy atom. The van der Waals surface area contributed by atoms with Crippen LogP contribution in [0.5, 0.6) is 0 Å².